The molecule has 1 nitrogen and oxygen atoms in total. The molecular formula is C12H21N. The minimum absolute atomic E-state index is 0.787. The first-order valence-corrected chi connectivity index (χ1v) is 6.10. The van der Waals surface area contributed by atoms with Crippen LogP contribution in [0, 0.1) is 17.3 Å². The van der Waals surface area contributed by atoms with Gasteiger partial charge in [0, 0.05) is 6.54 Å². The second-order valence-electron chi connectivity index (χ2n) is 5.58. The maximum atomic E-state index is 3.60. The first-order chi connectivity index (χ1) is 6.39. The van der Waals surface area contributed by atoms with Crippen LogP contribution in [0.5, 0.6) is 0 Å². The summed E-state index contributed by atoms with van der Waals surface area (Å²) in [5.41, 5.74) is 0.787. The summed E-state index contributed by atoms with van der Waals surface area (Å²) in [6.07, 6.45) is 10.7. The van der Waals surface area contributed by atoms with Crippen LogP contribution in [0.2, 0.25) is 0 Å². The molecule has 0 radical (unpaired) electrons. The number of hydrogen-bond acceptors (Lipinski definition) is 1. The summed E-state index contributed by atoms with van der Waals surface area (Å²) in [5, 5.41) is 3.60. The zero-order valence-electron chi connectivity index (χ0n) is 8.52. The molecule has 2 aliphatic carbocycles. The van der Waals surface area contributed by atoms with Crippen molar-refractivity contribution in [2.24, 2.45) is 17.3 Å². The molecule has 0 spiro atoms. The van der Waals surface area contributed by atoms with Crippen LogP contribution in [-0.2, 0) is 0 Å². The van der Waals surface area contributed by atoms with Gasteiger partial charge in [0.15, 0.2) is 0 Å². The van der Waals surface area contributed by atoms with E-state index in [4.69, 9.17) is 0 Å². The third-order valence-electron chi connectivity index (χ3n) is 4.89. The van der Waals surface area contributed by atoms with E-state index in [0.29, 0.717) is 0 Å². The maximum absolute atomic E-state index is 3.60. The van der Waals surface area contributed by atoms with Crippen molar-refractivity contribution in [2.75, 3.05) is 13.1 Å². The van der Waals surface area contributed by atoms with Crippen molar-refractivity contribution in [3.63, 3.8) is 0 Å². The van der Waals surface area contributed by atoms with Crippen molar-refractivity contribution in [2.45, 2.75) is 44.9 Å². The van der Waals surface area contributed by atoms with E-state index >= 15 is 0 Å². The average Bonchev–Trinajstić information content (AvgIpc) is 2.68. The summed E-state index contributed by atoms with van der Waals surface area (Å²) in [5.74, 6) is 2.16. The average molecular weight is 179 g/mol. The van der Waals surface area contributed by atoms with Crippen LogP contribution in [-0.4, -0.2) is 13.1 Å². The van der Waals surface area contributed by atoms with Gasteiger partial charge in [-0.1, -0.05) is 25.7 Å². The predicted molar refractivity (Wildman–Crippen MR) is 54.6 cm³/mol. The lowest BCUT2D eigenvalue weighted by molar-refractivity contribution is 0.0546. The highest BCUT2D eigenvalue weighted by Crippen LogP contribution is 2.54. The van der Waals surface area contributed by atoms with E-state index < -0.39 is 0 Å². The Morgan fingerprint density at radius 3 is 2.62 bits per heavy atom. The third-order valence-corrected chi connectivity index (χ3v) is 4.89. The van der Waals surface area contributed by atoms with Crippen molar-refractivity contribution in [3.8, 4) is 0 Å². The van der Waals surface area contributed by atoms with Crippen LogP contribution in [0.3, 0.4) is 0 Å². The van der Waals surface area contributed by atoms with Gasteiger partial charge in [0.2, 0.25) is 0 Å². The molecule has 0 aromatic carbocycles. The molecule has 0 aromatic heterocycles. The molecule has 3 aliphatic rings. The molecule has 2 saturated carbocycles. The summed E-state index contributed by atoms with van der Waals surface area (Å²) in [6.45, 7) is 2.67. The standard InChI is InChI=1S/C12H21N/c1-2-4-10(3-1)7-12-6-5-11(12)8-13-9-12/h10-11,13H,1-9H2. The predicted octanol–water partition coefficient (Wildman–Crippen LogP) is 2.57. The molecule has 1 N–H and O–H groups in total. The molecule has 0 amide bonds. The lowest BCUT2D eigenvalue weighted by Gasteiger charge is -2.46. The molecule has 0 bridgehead atoms. The first kappa shape index (κ1) is 8.28. The van der Waals surface area contributed by atoms with Gasteiger partial charge < -0.3 is 5.32 Å². The van der Waals surface area contributed by atoms with E-state index in [-0.39, 0.29) is 0 Å². The molecule has 2 atom stereocenters. The molecule has 1 saturated heterocycles. The van der Waals surface area contributed by atoms with Gasteiger partial charge in [-0.2, -0.15) is 0 Å². The molecule has 74 valence electrons. The summed E-state index contributed by atoms with van der Waals surface area (Å²) >= 11 is 0. The normalized spacial score (nSPS) is 44.8. The molecule has 0 aromatic rings. The van der Waals surface area contributed by atoms with Gasteiger partial charge in [-0.05, 0) is 43.1 Å². The molecule has 1 heterocycles. The highest BCUT2D eigenvalue weighted by atomic mass is 15.0. The van der Waals surface area contributed by atoms with Crippen LogP contribution < -0.4 is 5.32 Å². The Hall–Kier alpha value is -0.0400. The Labute approximate surface area is 81.3 Å². The molecule has 1 aliphatic heterocycles. The Balaban J connectivity index is 1.64. The fraction of sp³-hybridized carbons (Fsp3) is 1.00. The van der Waals surface area contributed by atoms with Crippen LogP contribution in [0.25, 0.3) is 0 Å². The van der Waals surface area contributed by atoms with Crippen LogP contribution in [0.4, 0.5) is 0 Å². The highest BCUT2D eigenvalue weighted by Gasteiger charge is 2.50. The van der Waals surface area contributed by atoms with E-state index in [2.05, 4.69) is 5.32 Å². The lowest BCUT2D eigenvalue weighted by Crippen LogP contribution is -2.40. The Morgan fingerprint density at radius 2 is 2.00 bits per heavy atom. The number of rotatable bonds is 2. The van der Waals surface area contributed by atoms with Gasteiger partial charge in [-0.15, -0.1) is 0 Å². The zero-order chi connectivity index (χ0) is 8.73. The lowest BCUT2D eigenvalue weighted by atomic mass is 9.58. The van der Waals surface area contributed by atoms with Crippen LogP contribution in [0.15, 0.2) is 0 Å². The van der Waals surface area contributed by atoms with E-state index in [0.717, 1.165) is 17.3 Å². The molecule has 2 unspecified atom stereocenters. The fourth-order valence-electron chi connectivity index (χ4n) is 3.93. The topological polar surface area (TPSA) is 12.0 Å². The highest BCUT2D eigenvalue weighted by molar-refractivity contribution is 5.03. The monoisotopic (exact) mass is 179 g/mol. The molecule has 3 rings (SSSR count). The third kappa shape index (κ3) is 1.24. The smallest absolute Gasteiger partial charge is 0.00112 e. The van der Waals surface area contributed by atoms with Crippen molar-refractivity contribution in [3.05, 3.63) is 0 Å². The fourth-order valence-corrected chi connectivity index (χ4v) is 3.93. The first-order valence-electron chi connectivity index (χ1n) is 6.10. The van der Waals surface area contributed by atoms with Gasteiger partial charge in [-0.3, -0.25) is 0 Å². The minimum Gasteiger partial charge on any atom is -0.316 e. The van der Waals surface area contributed by atoms with Gasteiger partial charge in [-0.25, -0.2) is 0 Å². The van der Waals surface area contributed by atoms with Crippen LogP contribution in [0.1, 0.15) is 44.9 Å². The SMILES string of the molecule is C1CCC(CC23CCC2CNC3)C1. The Morgan fingerprint density at radius 1 is 1.15 bits per heavy atom. The molecule has 13 heavy (non-hydrogen) atoms. The van der Waals surface area contributed by atoms with E-state index in [1.165, 1.54) is 51.6 Å². The number of fused-ring (bicyclic) bond motifs is 1. The van der Waals surface area contributed by atoms with Crippen molar-refractivity contribution >= 4 is 0 Å². The largest absolute Gasteiger partial charge is 0.316 e. The quantitative estimate of drug-likeness (QED) is 0.687. The van der Waals surface area contributed by atoms with Crippen molar-refractivity contribution in [1.82, 2.24) is 5.32 Å². The van der Waals surface area contributed by atoms with Crippen LogP contribution >= 0.6 is 0 Å². The summed E-state index contributed by atoms with van der Waals surface area (Å²) < 4.78 is 0. The maximum Gasteiger partial charge on any atom is 0.00112 e. The Kier molecular flexibility index (Phi) is 1.90. The summed E-state index contributed by atoms with van der Waals surface area (Å²) in [6, 6.07) is 0. The number of hydrogen-bond donors (Lipinski definition) is 1. The van der Waals surface area contributed by atoms with Gasteiger partial charge in [0.1, 0.15) is 0 Å². The Bertz CT molecular complexity index is 195. The molecular weight excluding hydrogens is 158 g/mol. The van der Waals surface area contributed by atoms with E-state index in [1.54, 1.807) is 6.42 Å². The van der Waals surface area contributed by atoms with Crippen molar-refractivity contribution < 1.29 is 0 Å². The number of nitrogens with one attached hydrogen (secondary N) is 1. The van der Waals surface area contributed by atoms with Gasteiger partial charge >= 0.3 is 0 Å². The second kappa shape index (κ2) is 2.98. The van der Waals surface area contributed by atoms with Gasteiger partial charge in [0.25, 0.3) is 0 Å². The summed E-state index contributed by atoms with van der Waals surface area (Å²) in [7, 11) is 0. The van der Waals surface area contributed by atoms with Crippen molar-refractivity contribution in [1.29, 1.82) is 0 Å². The van der Waals surface area contributed by atoms with E-state index in [9.17, 15) is 0 Å². The van der Waals surface area contributed by atoms with Gasteiger partial charge in [0.05, 0.1) is 0 Å². The van der Waals surface area contributed by atoms with E-state index in [1.807, 2.05) is 0 Å². The second-order valence-corrected chi connectivity index (χ2v) is 5.58. The zero-order valence-corrected chi connectivity index (χ0v) is 8.52. The summed E-state index contributed by atoms with van der Waals surface area (Å²) in [4.78, 5) is 0. The molecule has 1 heteroatoms. The molecule has 3 fully saturated rings. The minimum atomic E-state index is 0.787.